The van der Waals surface area contributed by atoms with Gasteiger partial charge >= 0.3 is 0 Å². The topological polar surface area (TPSA) is 75.6 Å². The number of carbonyl (C=O) groups is 2. The first kappa shape index (κ1) is 13.8. The van der Waals surface area contributed by atoms with Crippen molar-refractivity contribution in [3.05, 3.63) is 23.3 Å². The summed E-state index contributed by atoms with van der Waals surface area (Å²) in [5.41, 5.74) is 0.949. The van der Waals surface area contributed by atoms with Gasteiger partial charge in [0.1, 0.15) is 0 Å². The SMILES string of the molecule is COc1c(O)ccc2c1[C@]13CCN[C@H](C2)[C@H]1CCC(=O)C3=O. The number of methoxy groups -OCH3 is 1. The zero-order valence-electron chi connectivity index (χ0n) is 12.5. The Labute approximate surface area is 128 Å². The van der Waals surface area contributed by atoms with Crippen LogP contribution in [0.25, 0.3) is 0 Å². The van der Waals surface area contributed by atoms with E-state index in [1.807, 2.05) is 6.07 Å². The van der Waals surface area contributed by atoms with E-state index in [4.69, 9.17) is 4.74 Å². The number of hydrogen-bond acceptors (Lipinski definition) is 5. The maximum absolute atomic E-state index is 12.9. The van der Waals surface area contributed by atoms with Crippen LogP contribution in [0.15, 0.2) is 12.1 Å². The molecular formula is C17H19NO4. The van der Waals surface area contributed by atoms with Gasteiger partial charge in [0.2, 0.25) is 5.78 Å². The van der Waals surface area contributed by atoms with Gasteiger partial charge in [-0.2, -0.15) is 0 Å². The number of aromatic hydroxyl groups is 1. The Hall–Kier alpha value is -1.88. The number of ether oxygens (including phenoxy) is 1. The Kier molecular flexibility index (Phi) is 2.85. The Morgan fingerprint density at radius 1 is 1.36 bits per heavy atom. The van der Waals surface area contributed by atoms with Gasteiger partial charge in [-0.05, 0) is 43.4 Å². The highest BCUT2D eigenvalue weighted by atomic mass is 16.5. The lowest BCUT2D eigenvalue weighted by atomic mass is 9.51. The quantitative estimate of drug-likeness (QED) is 0.760. The monoisotopic (exact) mass is 301 g/mol. The maximum Gasteiger partial charge on any atom is 0.209 e. The van der Waals surface area contributed by atoms with E-state index in [1.54, 1.807) is 6.07 Å². The smallest absolute Gasteiger partial charge is 0.209 e. The summed E-state index contributed by atoms with van der Waals surface area (Å²) >= 11 is 0. The van der Waals surface area contributed by atoms with E-state index in [2.05, 4.69) is 5.32 Å². The van der Waals surface area contributed by atoms with E-state index in [-0.39, 0.29) is 29.3 Å². The lowest BCUT2D eigenvalue weighted by Crippen LogP contribution is -2.64. The molecule has 2 N–H and O–H groups in total. The number of Topliss-reactive ketones (excluding diaryl/α,β-unsaturated/α-hetero) is 2. The van der Waals surface area contributed by atoms with Crippen LogP contribution in [0, 0.1) is 5.92 Å². The molecule has 0 aromatic heterocycles. The highest BCUT2D eigenvalue weighted by Crippen LogP contribution is 2.55. The van der Waals surface area contributed by atoms with Crippen molar-refractivity contribution in [1.82, 2.24) is 5.32 Å². The molecule has 5 nitrogen and oxygen atoms in total. The van der Waals surface area contributed by atoms with Crippen molar-refractivity contribution in [3.63, 3.8) is 0 Å². The summed E-state index contributed by atoms with van der Waals surface area (Å²) in [5.74, 6) is -0.0621. The first-order chi connectivity index (χ1) is 10.6. The largest absolute Gasteiger partial charge is 0.504 e. The number of phenolic OH excluding ortho intramolecular Hbond substituents is 1. The van der Waals surface area contributed by atoms with E-state index in [1.165, 1.54) is 7.11 Å². The van der Waals surface area contributed by atoms with E-state index >= 15 is 0 Å². The van der Waals surface area contributed by atoms with Gasteiger partial charge in [-0.1, -0.05) is 6.07 Å². The predicted molar refractivity (Wildman–Crippen MR) is 79.2 cm³/mol. The summed E-state index contributed by atoms with van der Waals surface area (Å²) in [5, 5.41) is 13.7. The fraction of sp³-hybridized carbons (Fsp3) is 0.529. The summed E-state index contributed by atoms with van der Waals surface area (Å²) < 4.78 is 5.43. The Morgan fingerprint density at radius 3 is 2.95 bits per heavy atom. The molecule has 1 aliphatic heterocycles. The van der Waals surface area contributed by atoms with Crippen LogP contribution >= 0.6 is 0 Å². The highest BCUT2D eigenvalue weighted by Gasteiger charge is 2.60. The lowest BCUT2D eigenvalue weighted by Gasteiger charge is -2.54. The van der Waals surface area contributed by atoms with Gasteiger partial charge < -0.3 is 15.2 Å². The van der Waals surface area contributed by atoms with Crippen molar-refractivity contribution in [3.8, 4) is 11.5 Å². The van der Waals surface area contributed by atoms with Crippen molar-refractivity contribution in [2.45, 2.75) is 37.1 Å². The second-order valence-electron chi connectivity index (χ2n) is 6.54. The van der Waals surface area contributed by atoms with Crippen molar-refractivity contribution in [2.75, 3.05) is 13.7 Å². The van der Waals surface area contributed by atoms with Crippen molar-refractivity contribution in [2.24, 2.45) is 5.92 Å². The first-order valence-electron chi connectivity index (χ1n) is 7.80. The van der Waals surface area contributed by atoms with Crippen LogP contribution in [0.4, 0.5) is 0 Å². The normalized spacial score (nSPS) is 33.1. The molecule has 0 spiro atoms. The number of carbonyl (C=O) groups excluding carboxylic acids is 2. The molecule has 0 radical (unpaired) electrons. The van der Waals surface area contributed by atoms with Crippen LogP contribution in [-0.4, -0.2) is 36.4 Å². The van der Waals surface area contributed by atoms with Crippen LogP contribution in [0.1, 0.15) is 30.4 Å². The van der Waals surface area contributed by atoms with Crippen LogP contribution in [0.3, 0.4) is 0 Å². The molecule has 22 heavy (non-hydrogen) atoms. The molecule has 5 heteroatoms. The van der Waals surface area contributed by atoms with Crippen LogP contribution in [0.5, 0.6) is 11.5 Å². The molecule has 1 aromatic carbocycles. The molecule has 1 saturated carbocycles. The van der Waals surface area contributed by atoms with E-state index in [9.17, 15) is 14.7 Å². The van der Waals surface area contributed by atoms with Gasteiger partial charge in [-0.3, -0.25) is 9.59 Å². The van der Waals surface area contributed by atoms with E-state index < -0.39 is 5.41 Å². The maximum atomic E-state index is 12.9. The fourth-order valence-corrected chi connectivity index (χ4v) is 4.86. The minimum Gasteiger partial charge on any atom is -0.504 e. The van der Waals surface area contributed by atoms with Crippen molar-refractivity contribution < 1.29 is 19.4 Å². The average Bonchev–Trinajstić information content (AvgIpc) is 2.51. The molecule has 4 rings (SSSR count). The molecule has 0 unspecified atom stereocenters. The zero-order valence-corrected chi connectivity index (χ0v) is 12.5. The van der Waals surface area contributed by atoms with Gasteiger partial charge in [0.05, 0.1) is 12.5 Å². The van der Waals surface area contributed by atoms with Crippen LogP contribution in [-0.2, 0) is 21.4 Å². The second-order valence-corrected chi connectivity index (χ2v) is 6.54. The minimum absolute atomic E-state index is 0.0391. The minimum atomic E-state index is -0.817. The second kappa shape index (κ2) is 4.56. The number of benzene rings is 1. The lowest BCUT2D eigenvalue weighted by molar-refractivity contribution is -0.146. The number of rotatable bonds is 1. The molecule has 3 atom stereocenters. The standard InChI is InChI=1S/C17H19NO4/c1-22-15-12(19)4-2-9-8-11-10-3-5-13(20)16(21)17(10,14(9)15)6-7-18-11/h2,4,10-11,18-19H,3,5-8H2,1H3/t10-,11-,17+/m1/s1. The Balaban J connectivity index is 2.04. The summed E-state index contributed by atoms with van der Waals surface area (Å²) in [6.45, 7) is 0.707. The number of fused-ring (bicyclic) bond motifs is 1. The van der Waals surface area contributed by atoms with Gasteiger partial charge in [0.15, 0.2) is 17.3 Å². The van der Waals surface area contributed by atoms with Crippen LogP contribution in [0.2, 0.25) is 0 Å². The molecule has 116 valence electrons. The molecule has 1 aromatic rings. The number of ketones is 2. The zero-order chi connectivity index (χ0) is 15.5. The highest BCUT2D eigenvalue weighted by molar-refractivity contribution is 6.41. The summed E-state index contributed by atoms with van der Waals surface area (Å²) in [7, 11) is 1.50. The Bertz CT molecular complexity index is 683. The number of phenols is 1. The summed E-state index contributed by atoms with van der Waals surface area (Å²) in [6, 6.07) is 3.68. The van der Waals surface area contributed by atoms with Crippen LogP contribution < -0.4 is 10.1 Å². The third kappa shape index (κ3) is 1.52. The van der Waals surface area contributed by atoms with Gasteiger partial charge in [-0.25, -0.2) is 0 Å². The van der Waals surface area contributed by atoms with Crippen molar-refractivity contribution >= 4 is 11.6 Å². The molecule has 1 saturated heterocycles. The molecule has 1 heterocycles. The third-order valence-electron chi connectivity index (χ3n) is 5.70. The third-order valence-corrected chi connectivity index (χ3v) is 5.70. The fourth-order valence-electron chi connectivity index (χ4n) is 4.86. The molecule has 0 amide bonds. The number of hydrogen-bond donors (Lipinski definition) is 2. The van der Waals surface area contributed by atoms with Gasteiger partial charge in [0.25, 0.3) is 0 Å². The molecule has 2 aliphatic carbocycles. The molecule has 2 fully saturated rings. The van der Waals surface area contributed by atoms with E-state index in [0.29, 0.717) is 25.1 Å². The summed E-state index contributed by atoms with van der Waals surface area (Å²) in [4.78, 5) is 25.1. The number of nitrogens with one attached hydrogen (secondary N) is 1. The van der Waals surface area contributed by atoms with Crippen molar-refractivity contribution in [1.29, 1.82) is 0 Å². The summed E-state index contributed by atoms with van der Waals surface area (Å²) in [6.07, 6.45) is 2.45. The molecule has 3 aliphatic rings. The van der Waals surface area contributed by atoms with Gasteiger partial charge in [0, 0.05) is 18.0 Å². The number of piperidine rings is 1. The predicted octanol–water partition coefficient (Wildman–Crippen LogP) is 1.10. The Morgan fingerprint density at radius 2 is 2.18 bits per heavy atom. The average molecular weight is 301 g/mol. The molecule has 2 bridgehead atoms. The molecular weight excluding hydrogens is 282 g/mol. The first-order valence-corrected chi connectivity index (χ1v) is 7.80. The van der Waals surface area contributed by atoms with Gasteiger partial charge in [-0.15, -0.1) is 0 Å². The van der Waals surface area contributed by atoms with E-state index in [0.717, 1.165) is 24.0 Å².